The van der Waals surface area contributed by atoms with Crippen LogP contribution in [0.5, 0.6) is 11.5 Å². The molecule has 1 saturated heterocycles. The largest absolute Gasteiger partial charge is 0.493 e. The third-order valence-electron chi connectivity index (χ3n) is 4.42. The van der Waals surface area contributed by atoms with E-state index in [0.29, 0.717) is 13.1 Å². The van der Waals surface area contributed by atoms with Crippen molar-refractivity contribution in [1.29, 1.82) is 0 Å². The number of halogens is 4. The molecule has 0 amide bonds. The highest BCUT2D eigenvalue weighted by Gasteiger charge is 2.24. The topological polar surface area (TPSA) is 33.7 Å². The number of benzene rings is 2. The highest BCUT2D eigenvalue weighted by Crippen LogP contribution is 2.31. The van der Waals surface area contributed by atoms with Crippen molar-refractivity contribution in [3.8, 4) is 11.5 Å². The van der Waals surface area contributed by atoms with Crippen molar-refractivity contribution in [3.05, 3.63) is 59.4 Å². The third kappa shape index (κ3) is 5.51. The second-order valence-electron chi connectivity index (χ2n) is 6.11. The predicted octanol–water partition coefficient (Wildman–Crippen LogP) is 4.00. The van der Waals surface area contributed by atoms with Gasteiger partial charge in [-0.05, 0) is 35.4 Å². The summed E-state index contributed by atoms with van der Waals surface area (Å²) in [5, 5.41) is 3.32. The molecule has 2 aromatic carbocycles. The zero-order valence-electron chi connectivity index (χ0n) is 14.8. The average Bonchev–Trinajstić information content (AvgIpc) is 2.62. The highest BCUT2D eigenvalue weighted by molar-refractivity contribution is 5.85. The Morgan fingerprint density at radius 3 is 2.70 bits per heavy atom. The number of rotatable bonds is 6. The Labute approximate surface area is 162 Å². The maximum Gasteiger partial charge on any atom is 0.387 e. The summed E-state index contributed by atoms with van der Waals surface area (Å²) in [7, 11) is 1.41. The van der Waals surface area contributed by atoms with E-state index in [-0.39, 0.29) is 35.8 Å². The van der Waals surface area contributed by atoms with Crippen LogP contribution in [0.15, 0.2) is 42.5 Å². The maximum atomic E-state index is 13.6. The lowest BCUT2D eigenvalue weighted by atomic mass is 10.0. The van der Waals surface area contributed by atoms with Gasteiger partial charge in [-0.15, -0.1) is 12.4 Å². The van der Waals surface area contributed by atoms with E-state index < -0.39 is 6.61 Å². The SMILES string of the molecule is COc1ccc(CN2CCNCC2c2cccc(F)c2)cc1OC(F)F.Cl. The summed E-state index contributed by atoms with van der Waals surface area (Å²) < 4.78 is 48.5. The number of hydrogen-bond donors (Lipinski definition) is 1. The first-order chi connectivity index (χ1) is 12.6. The van der Waals surface area contributed by atoms with Gasteiger partial charge in [-0.1, -0.05) is 18.2 Å². The van der Waals surface area contributed by atoms with Crippen LogP contribution >= 0.6 is 12.4 Å². The van der Waals surface area contributed by atoms with Crippen molar-refractivity contribution in [2.75, 3.05) is 26.7 Å². The van der Waals surface area contributed by atoms with Crippen LogP contribution < -0.4 is 14.8 Å². The zero-order chi connectivity index (χ0) is 18.5. The van der Waals surface area contributed by atoms with Crippen molar-refractivity contribution in [3.63, 3.8) is 0 Å². The van der Waals surface area contributed by atoms with Crippen LogP contribution in [0.2, 0.25) is 0 Å². The number of nitrogens with one attached hydrogen (secondary N) is 1. The molecule has 1 aliphatic rings. The number of ether oxygens (including phenoxy) is 2. The fourth-order valence-electron chi connectivity index (χ4n) is 3.22. The number of nitrogens with zero attached hydrogens (tertiary/aromatic N) is 1. The molecule has 0 radical (unpaired) electrons. The molecule has 0 saturated carbocycles. The molecule has 8 heteroatoms. The maximum absolute atomic E-state index is 13.6. The standard InChI is InChI=1S/C19H21F3N2O2.ClH/c1-25-17-6-5-13(9-18(17)26-19(21)22)12-24-8-7-23-11-16(24)14-3-2-4-15(20)10-14;/h2-6,9-10,16,19,23H,7-8,11-12H2,1H3;1H. The van der Waals surface area contributed by atoms with Gasteiger partial charge in [0.1, 0.15) is 5.82 Å². The van der Waals surface area contributed by atoms with Crippen LogP contribution in [0.3, 0.4) is 0 Å². The molecule has 1 unspecified atom stereocenters. The fraction of sp³-hybridized carbons (Fsp3) is 0.368. The highest BCUT2D eigenvalue weighted by atomic mass is 35.5. The quantitative estimate of drug-likeness (QED) is 0.791. The Morgan fingerprint density at radius 1 is 1.19 bits per heavy atom. The zero-order valence-corrected chi connectivity index (χ0v) is 15.6. The van der Waals surface area contributed by atoms with Gasteiger partial charge in [0.05, 0.1) is 7.11 Å². The lowest BCUT2D eigenvalue weighted by Crippen LogP contribution is -2.45. The number of piperazine rings is 1. The molecule has 1 atom stereocenters. The van der Waals surface area contributed by atoms with Gasteiger partial charge in [0.15, 0.2) is 11.5 Å². The van der Waals surface area contributed by atoms with E-state index in [4.69, 9.17) is 4.74 Å². The van der Waals surface area contributed by atoms with E-state index in [0.717, 1.165) is 24.2 Å². The Hall–Kier alpha value is -1.96. The fourth-order valence-corrected chi connectivity index (χ4v) is 3.22. The molecule has 0 aromatic heterocycles. The number of methoxy groups -OCH3 is 1. The van der Waals surface area contributed by atoms with Crippen LogP contribution in [0.25, 0.3) is 0 Å². The van der Waals surface area contributed by atoms with Crippen molar-refractivity contribution >= 4 is 12.4 Å². The van der Waals surface area contributed by atoms with Gasteiger partial charge in [-0.25, -0.2) is 4.39 Å². The van der Waals surface area contributed by atoms with Gasteiger partial charge in [-0.3, -0.25) is 4.90 Å². The molecule has 3 rings (SSSR count). The van der Waals surface area contributed by atoms with Gasteiger partial charge < -0.3 is 14.8 Å². The molecule has 1 fully saturated rings. The summed E-state index contributed by atoms with van der Waals surface area (Å²) in [6, 6.07) is 11.5. The van der Waals surface area contributed by atoms with Gasteiger partial charge in [-0.2, -0.15) is 8.78 Å². The lowest BCUT2D eigenvalue weighted by Gasteiger charge is -2.36. The van der Waals surface area contributed by atoms with E-state index in [9.17, 15) is 13.2 Å². The van der Waals surface area contributed by atoms with Gasteiger partial charge in [0, 0.05) is 32.2 Å². The first-order valence-electron chi connectivity index (χ1n) is 8.39. The average molecular weight is 403 g/mol. The Balaban J connectivity index is 0.00000261. The monoisotopic (exact) mass is 402 g/mol. The summed E-state index contributed by atoms with van der Waals surface area (Å²) >= 11 is 0. The minimum absolute atomic E-state index is 0. The van der Waals surface area contributed by atoms with E-state index in [1.165, 1.54) is 19.2 Å². The van der Waals surface area contributed by atoms with Crippen LogP contribution in [-0.2, 0) is 6.54 Å². The number of alkyl halides is 2. The number of hydrogen-bond acceptors (Lipinski definition) is 4. The summed E-state index contributed by atoms with van der Waals surface area (Å²) in [6.45, 7) is -0.119. The summed E-state index contributed by atoms with van der Waals surface area (Å²) in [6.07, 6.45) is 0. The van der Waals surface area contributed by atoms with E-state index in [1.807, 2.05) is 12.1 Å². The molecule has 27 heavy (non-hydrogen) atoms. The molecule has 0 spiro atoms. The van der Waals surface area contributed by atoms with Crippen molar-refractivity contribution < 1.29 is 22.6 Å². The normalized spacial score (nSPS) is 17.4. The van der Waals surface area contributed by atoms with Crippen LogP contribution in [0.1, 0.15) is 17.2 Å². The molecule has 1 heterocycles. The molecule has 4 nitrogen and oxygen atoms in total. The van der Waals surface area contributed by atoms with Crippen molar-refractivity contribution in [1.82, 2.24) is 10.2 Å². The van der Waals surface area contributed by atoms with Gasteiger partial charge in [0.2, 0.25) is 0 Å². The molecular formula is C19H22ClF3N2O2. The Morgan fingerprint density at radius 2 is 2.00 bits per heavy atom. The van der Waals surface area contributed by atoms with Crippen molar-refractivity contribution in [2.24, 2.45) is 0 Å². The third-order valence-corrected chi connectivity index (χ3v) is 4.42. The molecule has 2 aromatic rings. The smallest absolute Gasteiger partial charge is 0.387 e. The Kier molecular flexibility index (Phi) is 7.77. The molecule has 1 aliphatic heterocycles. The summed E-state index contributed by atoms with van der Waals surface area (Å²) in [4.78, 5) is 2.19. The van der Waals surface area contributed by atoms with Gasteiger partial charge >= 0.3 is 6.61 Å². The van der Waals surface area contributed by atoms with Crippen molar-refractivity contribution in [2.45, 2.75) is 19.2 Å². The van der Waals surface area contributed by atoms with E-state index >= 15 is 0 Å². The summed E-state index contributed by atoms with van der Waals surface area (Å²) in [5.74, 6) is -0.00132. The second-order valence-corrected chi connectivity index (χ2v) is 6.11. The minimum Gasteiger partial charge on any atom is -0.493 e. The summed E-state index contributed by atoms with van der Waals surface area (Å²) in [5.41, 5.74) is 1.71. The predicted molar refractivity (Wildman–Crippen MR) is 99.3 cm³/mol. The van der Waals surface area contributed by atoms with E-state index in [2.05, 4.69) is 15.0 Å². The minimum atomic E-state index is -2.92. The molecule has 0 bridgehead atoms. The molecule has 148 valence electrons. The molecule has 1 N–H and O–H groups in total. The van der Waals surface area contributed by atoms with Crippen LogP contribution in [0.4, 0.5) is 13.2 Å². The Bertz CT molecular complexity index is 749. The van der Waals surface area contributed by atoms with E-state index in [1.54, 1.807) is 18.2 Å². The first-order valence-corrected chi connectivity index (χ1v) is 8.39. The molecule has 0 aliphatic carbocycles. The van der Waals surface area contributed by atoms with Crippen LogP contribution in [0, 0.1) is 5.82 Å². The van der Waals surface area contributed by atoms with Gasteiger partial charge in [0.25, 0.3) is 0 Å². The van der Waals surface area contributed by atoms with Crippen LogP contribution in [-0.4, -0.2) is 38.3 Å². The molecular weight excluding hydrogens is 381 g/mol. The first kappa shape index (κ1) is 21.3. The lowest BCUT2D eigenvalue weighted by molar-refractivity contribution is -0.0512. The second kappa shape index (κ2) is 9.82.